The Labute approximate surface area is 242 Å². The third-order valence-electron chi connectivity index (χ3n) is 9.29. The van der Waals surface area contributed by atoms with E-state index in [-0.39, 0.29) is 6.04 Å². The zero-order valence-corrected chi connectivity index (χ0v) is 25.4. The highest BCUT2D eigenvalue weighted by atomic mass is 28.3. The third-order valence-corrected chi connectivity index (χ3v) is 15.6. The molecule has 0 saturated carbocycles. The van der Waals surface area contributed by atoms with Gasteiger partial charge in [0.1, 0.15) is 13.9 Å². The molecule has 40 heavy (non-hydrogen) atoms. The first-order valence-electron chi connectivity index (χ1n) is 15.8. The molecular weight excluding hydrogens is 510 g/mol. The van der Waals surface area contributed by atoms with Crippen LogP contribution in [0.1, 0.15) is 91.5 Å². The minimum absolute atomic E-state index is 0.279. The summed E-state index contributed by atoms with van der Waals surface area (Å²) >= 11 is 0. The summed E-state index contributed by atoms with van der Waals surface area (Å²) in [6.07, 6.45) is 4.24. The molecule has 6 rings (SSSR count). The highest BCUT2D eigenvalue weighted by Crippen LogP contribution is 2.49. The summed E-state index contributed by atoms with van der Waals surface area (Å²) in [6.45, 7) is 11.1. The number of benzene rings is 2. The summed E-state index contributed by atoms with van der Waals surface area (Å²) in [5, 5.41) is 4.34. The first-order chi connectivity index (χ1) is 20.3. The van der Waals surface area contributed by atoms with Crippen LogP contribution in [0.2, 0.25) is 16.6 Å². The van der Waals surface area contributed by atoms with Gasteiger partial charge in [0.05, 0.1) is 29.3 Å². The molecule has 2 bridgehead atoms. The molecule has 4 heterocycles. The molecule has 0 saturated heterocycles. The molecule has 1 amide bonds. The van der Waals surface area contributed by atoms with Crippen LogP contribution in [0.5, 0.6) is 0 Å². The van der Waals surface area contributed by atoms with E-state index < -0.39 is 27.0 Å². The number of aryl methyl sites for hydroxylation is 1. The molecule has 0 radical (unpaired) electrons. The van der Waals surface area contributed by atoms with E-state index in [1.807, 2.05) is 43.7 Å². The summed E-state index contributed by atoms with van der Waals surface area (Å²) < 4.78 is 29.1. The Morgan fingerprint density at radius 1 is 1.02 bits per heavy atom. The second-order valence-corrected chi connectivity index (χ2v) is 17.9. The second kappa shape index (κ2) is 9.48. The quantitative estimate of drug-likeness (QED) is 0.200. The van der Waals surface area contributed by atoms with Gasteiger partial charge in [-0.05, 0) is 46.5 Å². The molecule has 0 aliphatic carbocycles. The van der Waals surface area contributed by atoms with E-state index in [2.05, 4.69) is 68.7 Å². The van der Waals surface area contributed by atoms with Crippen LogP contribution in [0.3, 0.4) is 0 Å². The Bertz CT molecular complexity index is 1780. The van der Waals surface area contributed by atoms with Crippen LogP contribution in [-0.2, 0) is 7.05 Å². The van der Waals surface area contributed by atoms with Crippen LogP contribution in [0.4, 0.5) is 0 Å². The Balaban J connectivity index is 1.62. The topological polar surface area (TPSA) is 56.0 Å². The lowest BCUT2D eigenvalue weighted by Crippen LogP contribution is -2.43. The van der Waals surface area contributed by atoms with Crippen LogP contribution in [0.15, 0.2) is 48.8 Å². The van der Waals surface area contributed by atoms with Crippen molar-refractivity contribution >= 4 is 25.0 Å². The van der Waals surface area contributed by atoms with Crippen LogP contribution < -0.4 is 0 Å². The molecule has 0 fully saturated rings. The van der Waals surface area contributed by atoms with Crippen molar-refractivity contribution in [3.63, 3.8) is 0 Å². The van der Waals surface area contributed by atoms with E-state index in [4.69, 9.17) is 9.10 Å². The lowest BCUT2D eigenvalue weighted by atomic mass is 9.93. The summed E-state index contributed by atoms with van der Waals surface area (Å²) in [4.78, 5) is 20.1. The molecule has 0 N–H and O–H groups in total. The fourth-order valence-electron chi connectivity index (χ4n) is 7.41. The largest absolute Gasteiger partial charge is 0.331 e. The molecule has 2 aromatic carbocycles. The van der Waals surface area contributed by atoms with Crippen molar-refractivity contribution in [1.82, 2.24) is 24.2 Å². The van der Waals surface area contributed by atoms with Gasteiger partial charge in [0, 0.05) is 53.0 Å². The Morgan fingerprint density at radius 2 is 1.77 bits per heavy atom. The number of hydrogen-bond donors (Lipinski definition) is 0. The van der Waals surface area contributed by atoms with Crippen molar-refractivity contribution in [2.24, 2.45) is 7.05 Å². The minimum Gasteiger partial charge on any atom is -0.331 e. The second-order valence-electron chi connectivity index (χ2n) is 12.3. The van der Waals surface area contributed by atoms with Crippen molar-refractivity contribution in [3.05, 3.63) is 71.3 Å². The van der Waals surface area contributed by atoms with Gasteiger partial charge >= 0.3 is 0 Å². The predicted molar refractivity (Wildman–Crippen MR) is 164 cm³/mol. The van der Waals surface area contributed by atoms with Gasteiger partial charge in [-0.15, -0.1) is 5.54 Å². The van der Waals surface area contributed by atoms with Crippen molar-refractivity contribution in [3.8, 4) is 22.6 Å². The summed E-state index contributed by atoms with van der Waals surface area (Å²) in [5.74, 6) is 3.73. The van der Waals surface area contributed by atoms with Crippen LogP contribution in [0.25, 0.3) is 22.2 Å². The monoisotopic (exact) mass is 552 g/mol. The smallest absolute Gasteiger partial charge is 0.254 e. The lowest BCUT2D eigenvalue weighted by Gasteiger charge is -2.38. The maximum Gasteiger partial charge on any atom is 0.254 e. The summed E-state index contributed by atoms with van der Waals surface area (Å²) in [6, 6.07) is 10.7. The zero-order valence-electron chi connectivity index (χ0n) is 27.4. The van der Waals surface area contributed by atoms with E-state index in [0.717, 1.165) is 38.2 Å². The van der Waals surface area contributed by atoms with Crippen molar-refractivity contribution in [1.29, 1.82) is 0 Å². The third kappa shape index (κ3) is 3.80. The summed E-state index contributed by atoms with van der Waals surface area (Å²) in [5.41, 5.74) is 10.9. The van der Waals surface area contributed by atoms with Gasteiger partial charge in [0.15, 0.2) is 0 Å². The normalized spacial score (nSPS) is 19.8. The predicted octanol–water partition coefficient (Wildman–Crippen LogP) is 7.13. The number of fused-ring (bicyclic) bond motifs is 9. The molecule has 7 heteroatoms. The van der Waals surface area contributed by atoms with E-state index in [9.17, 15) is 4.79 Å². The van der Waals surface area contributed by atoms with E-state index >= 15 is 0 Å². The molecule has 6 nitrogen and oxygen atoms in total. The van der Waals surface area contributed by atoms with Crippen molar-refractivity contribution in [2.75, 3.05) is 6.98 Å². The van der Waals surface area contributed by atoms with E-state index in [1.54, 1.807) is 10.7 Å². The van der Waals surface area contributed by atoms with Crippen LogP contribution >= 0.6 is 0 Å². The number of hydrogen-bond acceptors (Lipinski definition) is 3. The van der Waals surface area contributed by atoms with Gasteiger partial charge < -0.3 is 9.47 Å². The maximum absolute atomic E-state index is 14.1. The molecule has 2 aliphatic rings. The minimum atomic E-state index is -2.63. The Hall–Kier alpha value is -3.63. The van der Waals surface area contributed by atoms with Gasteiger partial charge in [-0.2, -0.15) is 5.10 Å². The maximum atomic E-state index is 14.1. The number of carbonyl (C=O) groups is 1. The fraction of sp³-hybridized carbons (Fsp3) is 0.424. The summed E-state index contributed by atoms with van der Waals surface area (Å²) in [7, 11) is -0.180. The SMILES string of the molecule is [2H]C([2H])([2H])N1C(=O)c2cccc(C#C[Si](C(C)C)(C(C)C)C(C)C)c2[C@H]2C[C@@H]1c1nc3ccc(-c4cnn(C)c4)cc3n12. The van der Waals surface area contributed by atoms with Gasteiger partial charge in [0.2, 0.25) is 0 Å². The van der Waals surface area contributed by atoms with Crippen LogP contribution in [0, 0.1) is 11.5 Å². The number of aromatic nitrogens is 4. The van der Waals surface area contributed by atoms with Gasteiger partial charge in [-0.25, -0.2) is 4.98 Å². The van der Waals surface area contributed by atoms with Gasteiger partial charge in [0.25, 0.3) is 5.91 Å². The van der Waals surface area contributed by atoms with Crippen molar-refractivity contribution < 1.29 is 8.91 Å². The number of carbonyl (C=O) groups excluding carboxylic acids is 1. The molecule has 0 spiro atoms. The standard InChI is InChI=1S/C33H39N5OSi/c1-20(2)40(21(3)4,22(5)6)15-14-23-10-9-11-26-31(23)29-17-30(37(8)33(26)39)32-35-27-13-12-24(16-28(27)38(29)32)25-18-34-36(7)19-25/h9-13,16,18-22,29-30H,17H2,1-8H3/t29-,30-/m1/s1/i8D3. The number of amides is 1. The first-order valence-corrected chi connectivity index (χ1v) is 16.5. The lowest BCUT2D eigenvalue weighted by molar-refractivity contribution is 0.0734. The molecule has 206 valence electrons. The zero-order chi connectivity index (χ0) is 31.0. The van der Waals surface area contributed by atoms with E-state index in [1.165, 1.54) is 0 Å². The molecule has 2 atom stereocenters. The van der Waals surface area contributed by atoms with Gasteiger partial charge in [-0.1, -0.05) is 59.6 Å². The van der Waals surface area contributed by atoms with E-state index in [0.29, 0.717) is 34.4 Å². The average Bonchev–Trinajstić information content (AvgIpc) is 3.59. The molecular formula is C33H39N5OSi. The highest BCUT2D eigenvalue weighted by molar-refractivity contribution is 6.90. The van der Waals surface area contributed by atoms with Crippen molar-refractivity contribution in [2.45, 2.75) is 76.7 Å². The Morgan fingerprint density at radius 3 is 2.42 bits per heavy atom. The molecule has 2 aliphatic heterocycles. The molecule has 2 aromatic heterocycles. The average molecular weight is 553 g/mol. The number of nitrogens with zero attached hydrogens (tertiary/aromatic N) is 5. The number of imidazole rings is 1. The molecule has 0 unspecified atom stereocenters. The first kappa shape index (κ1) is 23.1. The highest BCUT2D eigenvalue weighted by Gasteiger charge is 2.45. The van der Waals surface area contributed by atoms with Gasteiger partial charge in [-0.3, -0.25) is 9.48 Å². The Kier molecular flexibility index (Phi) is 5.48. The molecule has 4 aromatic rings. The van der Waals surface area contributed by atoms with Crippen LogP contribution in [-0.4, -0.2) is 45.2 Å². The fourth-order valence-corrected chi connectivity index (χ4v) is 12.6. The number of rotatable bonds is 4.